The van der Waals surface area contributed by atoms with Gasteiger partial charge in [0, 0.05) is 11.1 Å². The van der Waals surface area contributed by atoms with E-state index in [1.165, 1.54) is 0 Å². The summed E-state index contributed by atoms with van der Waals surface area (Å²) in [7, 11) is 0. The Kier molecular flexibility index (Phi) is 3.40. The number of cyclic esters (lactones) is 1. The van der Waals surface area contributed by atoms with Gasteiger partial charge < -0.3 is 4.74 Å². The number of fused-ring (bicyclic) bond motifs is 1. The second-order valence-electron chi connectivity index (χ2n) is 4.55. The molecule has 0 aliphatic carbocycles. The molecule has 1 aliphatic heterocycles. The van der Waals surface area contributed by atoms with Crippen molar-refractivity contribution in [2.24, 2.45) is 0 Å². The summed E-state index contributed by atoms with van der Waals surface area (Å²) in [5.41, 5.74) is 1.88. The second kappa shape index (κ2) is 5.21. The Labute approximate surface area is 124 Å². The number of hydrogen-bond donors (Lipinski definition) is 0. The maximum atomic E-state index is 12.4. The molecule has 0 aromatic heterocycles. The fourth-order valence-corrected chi connectivity index (χ4v) is 2.95. The summed E-state index contributed by atoms with van der Waals surface area (Å²) in [6.07, 6.45) is -0.577. The highest BCUT2D eigenvalue weighted by Crippen LogP contribution is 2.37. The molecule has 3 nitrogen and oxygen atoms in total. The van der Waals surface area contributed by atoms with Crippen molar-refractivity contribution in [1.82, 2.24) is 0 Å². The van der Waals surface area contributed by atoms with Crippen LogP contribution < -0.4 is 0 Å². The van der Waals surface area contributed by atoms with Gasteiger partial charge in [-0.2, -0.15) is 0 Å². The van der Waals surface area contributed by atoms with E-state index in [0.717, 1.165) is 5.56 Å². The number of halogens is 1. The molecule has 100 valence electrons. The van der Waals surface area contributed by atoms with Crippen molar-refractivity contribution in [3.63, 3.8) is 0 Å². The van der Waals surface area contributed by atoms with Gasteiger partial charge in [0.25, 0.3) is 0 Å². The average molecular weight is 331 g/mol. The molecule has 1 heterocycles. The van der Waals surface area contributed by atoms with Gasteiger partial charge >= 0.3 is 5.97 Å². The van der Waals surface area contributed by atoms with E-state index in [4.69, 9.17) is 4.74 Å². The fraction of sp³-hybridized carbons (Fsp3) is 0.125. The lowest BCUT2D eigenvalue weighted by Crippen LogP contribution is -2.22. The SMILES string of the molecule is O=C1OC(C(Br)C(=O)c2ccccc2)c2ccccc21. The Morgan fingerprint density at radius 2 is 1.70 bits per heavy atom. The van der Waals surface area contributed by atoms with E-state index in [1.807, 2.05) is 30.3 Å². The molecule has 2 atom stereocenters. The summed E-state index contributed by atoms with van der Waals surface area (Å²) in [6, 6.07) is 16.1. The van der Waals surface area contributed by atoms with Crippen LogP contribution in [0.4, 0.5) is 0 Å². The topological polar surface area (TPSA) is 43.4 Å². The van der Waals surface area contributed by atoms with E-state index in [2.05, 4.69) is 15.9 Å². The van der Waals surface area contributed by atoms with Crippen LogP contribution >= 0.6 is 15.9 Å². The highest BCUT2D eigenvalue weighted by atomic mass is 79.9. The van der Waals surface area contributed by atoms with Crippen LogP contribution in [-0.4, -0.2) is 16.6 Å². The monoisotopic (exact) mass is 330 g/mol. The van der Waals surface area contributed by atoms with Crippen molar-refractivity contribution in [2.75, 3.05) is 0 Å². The van der Waals surface area contributed by atoms with E-state index in [1.54, 1.807) is 24.3 Å². The van der Waals surface area contributed by atoms with Gasteiger partial charge in [0.05, 0.1) is 5.56 Å². The lowest BCUT2D eigenvalue weighted by molar-refractivity contribution is 0.0383. The van der Waals surface area contributed by atoms with E-state index < -0.39 is 10.9 Å². The summed E-state index contributed by atoms with van der Waals surface area (Å²) in [5.74, 6) is -0.476. The lowest BCUT2D eigenvalue weighted by Gasteiger charge is -2.16. The van der Waals surface area contributed by atoms with Gasteiger partial charge in [-0.05, 0) is 6.07 Å². The molecule has 0 saturated carbocycles. The predicted octanol–water partition coefficient (Wildman–Crippen LogP) is 3.54. The van der Waals surface area contributed by atoms with Crippen LogP contribution in [-0.2, 0) is 4.74 Å². The third-order valence-electron chi connectivity index (χ3n) is 3.30. The highest BCUT2D eigenvalue weighted by molar-refractivity contribution is 9.10. The van der Waals surface area contributed by atoms with Crippen LogP contribution in [0, 0.1) is 0 Å². The number of carbonyl (C=O) groups excluding carboxylic acids is 2. The number of benzene rings is 2. The molecule has 0 radical (unpaired) electrons. The van der Waals surface area contributed by atoms with Crippen molar-refractivity contribution < 1.29 is 14.3 Å². The summed E-state index contributed by atoms with van der Waals surface area (Å²) in [4.78, 5) is 23.6. The van der Waals surface area contributed by atoms with Gasteiger partial charge in [-0.25, -0.2) is 4.79 Å². The predicted molar refractivity (Wildman–Crippen MR) is 78.1 cm³/mol. The summed E-state index contributed by atoms with van der Waals surface area (Å²) in [5, 5.41) is 0. The molecule has 4 heteroatoms. The third-order valence-corrected chi connectivity index (χ3v) is 4.19. The Morgan fingerprint density at radius 3 is 2.45 bits per heavy atom. The first kappa shape index (κ1) is 13.1. The first-order valence-corrected chi connectivity index (χ1v) is 7.13. The quantitative estimate of drug-likeness (QED) is 0.491. The number of ketones is 1. The van der Waals surface area contributed by atoms with E-state index in [-0.39, 0.29) is 11.8 Å². The number of Topliss-reactive ketones (excluding diaryl/α,β-unsaturated/α-hetero) is 1. The van der Waals surface area contributed by atoms with Crippen LogP contribution in [0.15, 0.2) is 54.6 Å². The van der Waals surface area contributed by atoms with E-state index in [0.29, 0.717) is 11.1 Å². The number of esters is 1. The summed E-state index contributed by atoms with van der Waals surface area (Å²) < 4.78 is 5.33. The summed E-state index contributed by atoms with van der Waals surface area (Å²) >= 11 is 3.38. The maximum Gasteiger partial charge on any atom is 0.339 e. The molecular formula is C16H11BrO3. The smallest absolute Gasteiger partial charge is 0.339 e. The normalized spacial score (nSPS) is 18.2. The number of ether oxygens (including phenoxy) is 1. The molecule has 0 N–H and O–H groups in total. The largest absolute Gasteiger partial charge is 0.452 e. The maximum absolute atomic E-state index is 12.4. The van der Waals surface area contributed by atoms with Crippen molar-refractivity contribution in [1.29, 1.82) is 0 Å². The zero-order valence-corrected chi connectivity index (χ0v) is 12.0. The zero-order chi connectivity index (χ0) is 14.1. The van der Waals surface area contributed by atoms with Gasteiger partial charge in [-0.15, -0.1) is 0 Å². The molecule has 2 unspecified atom stereocenters. The average Bonchev–Trinajstić information content (AvgIpc) is 2.84. The minimum Gasteiger partial charge on any atom is -0.452 e. The standard InChI is InChI=1S/C16H11BrO3/c17-13(14(18)10-6-2-1-3-7-10)15-11-8-4-5-9-12(11)16(19)20-15/h1-9,13,15H. The van der Waals surface area contributed by atoms with Crippen LogP contribution in [0.1, 0.15) is 32.4 Å². The Bertz CT molecular complexity index is 666. The Balaban J connectivity index is 1.91. The molecule has 20 heavy (non-hydrogen) atoms. The molecule has 0 spiro atoms. The first-order valence-electron chi connectivity index (χ1n) is 6.22. The second-order valence-corrected chi connectivity index (χ2v) is 5.53. The molecule has 0 amide bonds. The number of hydrogen-bond acceptors (Lipinski definition) is 3. The number of alkyl halides is 1. The first-order chi connectivity index (χ1) is 9.68. The number of carbonyl (C=O) groups is 2. The molecule has 3 rings (SSSR count). The third kappa shape index (κ3) is 2.16. The fourth-order valence-electron chi connectivity index (χ4n) is 2.29. The van der Waals surface area contributed by atoms with Crippen molar-refractivity contribution in [3.05, 3.63) is 71.3 Å². The molecule has 0 bridgehead atoms. The van der Waals surface area contributed by atoms with Crippen molar-refractivity contribution >= 4 is 27.7 Å². The molecule has 2 aromatic carbocycles. The molecule has 0 saturated heterocycles. The zero-order valence-electron chi connectivity index (χ0n) is 10.5. The molecule has 1 aliphatic rings. The minimum atomic E-state index is -0.586. The molecular weight excluding hydrogens is 320 g/mol. The van der Waals surface area contributed by atoms with Gasteiger partial charge in [0.1, 0.15) is 10.9 Å². The molecule has 2 aromatic rings. The van der Waals surface area contributed by atoms with Crippen LogP contribution in [0.3, 0.4) is 0 Å². The van der Waals surface area contributed by atoms with Gasteiger partial charge in [-0.3, -0.25) is 4.79 Å². The number of rotatable bonds is 3. The van der Waals surface area contributed by atoms with Crippen LogP contribution in [0.5, 0.6) is 0 Å². The lowest BCUT2D eigenvalue weighted by atomic mass is 9.98. The van der Waals surface area contributed by atoms with Crippen LogP contribution in [0.25, 0.3) is 0 Å². The minimum absolute atomic E-state index is 0.0971. The summed E-state index contributed by atoms with van der Waals surface area (Å²) in [6.45, 7) is 0. The van der Waals surface area contributed by atoms with Gasteiger partial charge in [0.2, 0.25) is 0 Å². The highest BCUT2D eigenvalue weighted by Gasteiger charge is 2.38. The van der Waals surface area contributed by atoms with Crippen LogP contribution in [0.2, 0.25) is 0 Å². The van der Waals surface area contributed by atoms with Crippen molar-refractivity contribution in [3.8, 4) is 0 Å². The van der Waals surface area contributed by atoms with Gasteiger partial charge in [-0.1, -0.05) is 64.5 Å². The van der Waals surface area contributed by atoms with Gasteiger partial charge in [0.15, 0.2) is 5.78 Å². The van der Waals surface area contributed by atoms with Crippen molar-refractivity contribution in [2.45, 2.75) is 10.9 Å². The molecule has 0 fully saturated rings. The van der Waals surface area contributed by atoms with E-state index >= 15 is 0 Å². The van der Waals surface area contributed by atoms with E-state index in [9.17, 15) is 9.59 Å². The Morgan fingerprint density at radius 1 is 1.05 bits per heavy atom. The Hall–Kier alpha value is -1.94.